The first-order valence-electron chi connectivity index (χ1n) is 48.7. The summed E-state index contributed by atoms with van der Waals surface area (Å²) in [4.78, 5) is 81.9. The van der Waals surface area contributed by atoms with E-state index < -0.39 is 0 Å². The Kier molecular flexibility index (Phi) is 57.9. The Hall–Kier alpha value is -8.55. The molecule has 0 bridgehead atoms. The van der Waals surface area contributed by atoms with Gasteiger partial charge in [0.1, 0.15) is 0 Å². The van der Waals surface area contributed by atoms with Crippen molar-refractivity contribution in [3.8, 4) is 57.5 Å². The van der Waals surface area contributed by atoms with E-state index in [1.165, 1.54) is 0 Å². The number of hydrogen-bond acceptors (Lipinski definition) is 15. The molecule has 0 unspecified atom stereocenters. The molecule has 0 aliphatic rings. The third-order valence-corrected chi connectivity index (χ3v) is 22.0. The molecule has 0 atom stereocenters. The quantitative estimate of drug-likeness (QED) is 0.0347. The van der Waals surface area contributed by atoms with Gasteiger partial charge in [-0.1, -0.05) is 262 Å². The molecule has 5 amide bonds. The number of hydrogen-bond donors (Lipinski definition) is 2. The van der Waals surface area contributed by atoms with Crippen LogP contribution >= 0.6 is 0 Å². The number of rotatable bonds is 77. The number of amides is 5. The van der Waals surface area contributed by atoms with Crippen LogP contribution in [0.25, 0.3) is 0 Å². The molecule has 5 rings (SSSR count). The Bertz CT molecular complexity index is 3460. The molecule has 0 aliphatic carbocycles. The number of carbonyl (C=O) groups is 5. The van der Waals surface area contributed by atoms with Crippen LogP contribution in [0, 0.1) is 0 Å². The molecule has 0 saturated carbocycles. The molecule has 0 aliphatic heterocycles. The van der Waals surface area contributed by atoms with E-state index in [0.29, 0.717) is 151 Å². The Morgan fingerprint density at radius 2 is 0.366 bits per heavy atom. The smallest absolute Gasteiger partial charge is 0.254 e. The van der Waals surface area contributed by atoms with Crippen LogP contribution in [0.15, 0.2) is 91.0 Å². The maximum Gasteiger partial charge on any atom is 0.254 e. The second-order valence-electron chi connectivity index (χ2n) is 32.8. The lowest BCUT2D eigenvalue weighted by Gasteiger charge is -2.31. The van der Waals surface area contributed by atoms with E-state index in [-0.39, 0.29) is 81.9 Å². The highest BCUT2D eigenvalue weighted by Gasteiger charge is 2.28. The van der Waals surface area contributed by atoms with Gasteiger partial charge in [-0.3, -0.25) is 24.0 Å². The molecule has 0 fully saturated rings. The number of ether oxygens (including phenoxy) is 10. The number of nitrogens with zero attached hydrogens (tertiary/aromatic N) is 3. The molecule has 2 N–H and O–H groups in total. The van der Waals surface area contributed by atoms with Gasteiger partial charge in [0.15, 0.2) is 57.5 Å². The first-order chi connectivity index (χ1) is 60.3. The molecule has 20 heteroatoms. The van der Waals surface area contributed by atoms with Crippen molar-refractivity contribution in [1.29, 1.82) is 0 Å². The molecule has 0 spiro atoms. The second-order valence-corrected chi connectivity index (χ2v) is 32.8. The number of nitrogens with one attached hydrogen (secondary N) is 2. The van der Waals surface area contributed by atoms with Crippen molar-refractivity contribution in [2.24, 2.45) is 0 Å². The summed E-state index contributed by atoms with van der Waals surface area (Å²) >= 11 is 0. The summed E-state index contributed by atoms with van der Waals surface area (Å²) < 4.78 is 64.3. The summed E-state index contributed by atoms with van der Waals surface area (Å²) in [5, 5.41) is 6.27. The van der Waals surface area contributed by atoms with Crippen LogP contribution in [0.2, 0.25) is 0 Å². The molecule has 20 nitrogen and oxygen atoms in total. The van der Waals surface area contributed by atoms with Gasteiger partial charge < -0.3 is 72.7 Å². The highest BCUT2D eigenvalue weighted by atomic mass is 16.5. The molecule has 0 heterocycles. The summed E-state index contributed by atoms with van der Waals surface area (Å²) in [5.74, 6) is 3.37. The van der Waals surface area contributed by atoms with Crippen molar-refractivity contribution in [2.75, 3.05) is 118 Å². The molecular weight excluding hydrogens is 1550 g/mol. The van der Waals surface area contributed by atoms with E-state index >= 15 is 14.4 Å². The Morgan fingerprint density at radius 1 is 0.203 bits per heavy atom. The van der Waals surface area contributed by atoms with Crippen molar-refractivity contribution in [2.45, 2.75) is 326 Å². The molecule has 0 aromatic heterocycles. The monoisotopic (exact) mass is 1710 g/mol. The molecule has 690 valence electrons. The lowest BCUT2D eigenvalue weighted by molar-refractivity contribution is 0.0616. The van der Waals surface area contributed by atoms with Gasteiger partial charge in [0.25, 0.3) is 29.5 Å². The Balaban J connectivity index is 1.67. The van der Waals surface area contributed by atoms with Gasteiger partial charge in [-0.15, -0.1) is 0 Å². The van der Waals surface area contributed by atoms with E-state index in [2.05, 4.69) is 79.9 Å². The lowest BCUT2D eigenvalue weighted by atomic mass is 10.1. The highest BCUT2D eigenvalue weighted by molar-refractivity contribution is 5.98. The normalized spacial score (nSPS) is 11.1. The van der Waals surface area contributed by atoms with E-state index in [1.807, 2.05) is 18.2 Å². The minimum absolute atomic E-state index is 0.0145. The first-order valence-corrected chi connectivity index (χ1v) is 48.7. The minimum Gasteiger partial charge on any atom is -0.490 e. The van der Waals surface area contributed by atoms with Crippen LogP contribution in [-0.2, 0) is 0 Å². The van der Waals surface area contributed by atoms with E-state index in [9.17, 15) is 9.59 Å². The second kappa shape index (κ2) is 67.8. The highest BCUT2D eigenvalue weighted by Crippen LogP contribution is 2.36. The molecule has 5 aromatic rings. The zero-order valence-corrected chi connectivity index (χ0v) is 78.1. The summed E-state index contributed by atoms with van der Waals surface area (Å²) in [7, 11) is 0. The maximum absolute atomic E-state index is 16.1. The Labute approximate surface area is 743 Å². The molecule has 0 saturated heterocycles. The molecular formula is C103H163N5O15. The van der Waals surface area contributed by atoms with Gasteiger partial charge >= 0.3 is 0 Å². The largest absolute Gasteiger partial charge is 0.490 e. The maximum atomic E-state index is 16.1. The topological polar surface area (TPSA) is 211 Å². The third kappa shape index (κ3) is 43.3. The predicted octanol–water partition coefficient (Wildman–Crippen LogP) is 24.9. The van der Waals surface area contributed by atoms with Gasteiger partial charge in [-0.2, -0.15) is 0 Å². The lowest BCUT2D eigenvalue weighted by Crippen LogP contribution is -2.47. The molecule has 5 aromatic carbocycles. The number of unbranched alkanes of at least 4 members (excludes halogenated alkanes) is 30. The molecule has 123 heavy (non-hydrogen) atoms. The summed E-state index contributed by atoms with van der Waals surface area (Å²) in [5.41, 5.74) is 1.74. The summed E-state index contributed by atoms with van der Waals surface area (Å²) in [6, 6.07) is 26.6. The number of carbonyl (C=O) groups excluding carboxylic acids is 5. The number of benzene rings is 5. The standard InChI is InChI=1S/C103H163N5O15/c1-11-21-31-41-69-114-89-56-51-84(79-94(89)119-74-46-36-26-16-6)99(109)104-61-63-106(101(111)86-53-58-91(116-71-43-33-23-13-3)96(81-86)121-76-48-38-28-18-8)65-67-108(103(113)88-55-60-93(118-73-45-35-25-15-5)98(83-88)123-78-50-40-30-20-10)68-66-107(102(112)87-54-59-92(117-72-44-34-24-14-4)97(82-87)122-77-49-39-29-19-9)64-62-105-100(110)85-52-57-90(115-70-42-32-22-12-2)95(80-85)120-75-47-37-27-17-7/h51-60,79-83H,11-50,61-78H2,1-10H3,(H,104,109)(H,105,110). The summed E-state index contributed by atoms with van der Waals surface area (Å²) in [6.07, 6.45) is 40.6. The van der Waals surface area contributed by atoms with Crippen LogP contribution in [0.5, 0.6) is 57.5 Å². The van der Waals surface area contributed by atoms with E-state index in [4.69, 9.17) is 47.4 Å². The van der Waals surface area contributed by atoms with Gasteiger partial charge in [0.2, 0.25) is 0 Å². The minimum atomic E-state index is -0.381. The molecule has 0 radical (unpaired) electrons. The van der Waals surface area contributed by atoms with Crippen LogP contribution < -0.4 is 58.0 Å². The van der Waals surface area contributed by atoms with Crippen molar-refractivity contribution in [3.63, 3.8) is 0 Å². The van der Waals surface area contributed by atoms with Gasteiger partial charge in [0.05, 0.1) is 66.1 Å². The van der Waals surface area contributed by atoms with Crippen molar-refractivity contribution < 1.29 is 71.3 Å². The average molecular weight is 1710 g/mol. The van der Waals surface area contributed by atoms with Gasteiger partial charge in [-0.05, 0) is 155 Å². The fraction of sp³-hybridized carbons (Fsp3) is 0.660. The first kappa shape index (κ1) is 105. The third-order valence-electron chi connectivity index (χ3n) is 22.0. The van der Waals surface area contributed by atoms with E-state index in [0.717, 1.165) is 257 Å². The Morgan fingerprint density at radius 3 is 0.553 bits per heavy atom. The van der Waals surface area contributed by atoms with Crippen molar-refractivity contribution in [1.82, 2.24) is 25.3 Å². The zero-order valence-electron chi connectivity index (χ0n) is 78.1. The average Bonchev–Trinajstić information content (AvgIpc) is 0.847. The SMILES string of the molecule is CCCCCCOc1ccc(C(=O)NCCN(CCN(CCN(CCNC(=O)c2ccc(OCCCCCC)c(OCCCCCC)c2)C(=O)c2ccc(OCCCCCC)c(OCCCCCC)c2)C(=O)c2ccc(OCCCCCC)c(OCCCCCC)c2)C(=O)c2ccc(OCCCCCC)c(OCCCCCC)c2)cc1OCCCCCC. The fourth-order valence-electron chi connectivity index (χ4n) is 14.3. The van der Waals surface area contributed by atoms with Crippen LogP contribution in [0.3, 0.4) is 0 Å². The van der Waals surface area contributed by atoms with Crippen LogP contribution in [-0.4, -0.2) is 163 Å². The predicted molar refractivity (Wildman–Crippen MR) is 501 cm³/mol. The van der Waals surface area contributed by atoms with Crippen LogP contribution in [0.1, 0.15) is 378 Å². The fourth-order valence-corrected chi connectivity index (χ4v) is 14.3. The van der Waals surface area contributed by atoms with Crippen molar-refractivity contribution in [3.05, 3.63) is 119 Å². The zero-order chi connectivity index (χ0) is 88.4. The van der Waals surface area contributed by atoms with Crippen molar-refractivity contribution >= 4 is 29.5 Å². The van der Waals surface area contributed by atoms with Gasteiger partial charge in [-0.25, -0.2) is 0 Å². The van der Waals surface area contributed by atoms with E-state index in [1.54, 1.807) is 87.5 Å². The summed E-state index contributed by atoms with van der Waals surface area (Å²) in [6.45, 7) is 26.6. The van der Waals surface area contributed by atoms with Crippen LogP contribution in [0.4, 0.5) is 0 Å². The van der Waals surface area contributed by atoms with Gasteiger partial charge in [0, 0.05) is 80.2 Å².